The number of fused-ring (bicyclic) bond motifs is 1. The number of nitrogens with two attached hydrogens (primary N) is 5. The van der Waals surface area contributed by atoms with Crippen LogP contribution in [-0.2, 0) is 72.0 Å². The summed E-state index contributed by atoms with van der Waals surface area (Å²) < 4.78 is 0. The Morgan fingerprint density at radius 1 is 0.682 bits per heavy atom. The lowest BCUT2D eigenvalue weighted by atomic mass is 10.0. The molecule has 0 saturated carbocycles. The summed E-state index contributed by atoms with van der Waals surface area (Å²) in [5.41, 5.74) is 30.2. The molecule has 1 fully saturated rings. The Balaban J connectivity index is 1.44. The van der Waals surface area contributed by atoms with E-state index in [0.717, 1.165) is 0 Å². The normalized spacial score (nSPS) is 16.2. The van der Waals surface area contributed by atoms with Crippen LogP contribution in [0.15, 0.2) is 78.3 Å². The Labute approximate surface area is 488 Å². The van der Waals surface area contributed by atoms with Gasteiger partial charge in [-0.15, -0.1) is 0 Å². The maximum atomic E-state index is 15.0. The van der Waals surface area contributed by atoms with Crippen LogP contribution in [0.25, 0.3) is 10.9 Å². The number of carboxylic acid groups (broad SMARTS) is 1. The van der Waals surface area contributed by atoms with Gasteiger partial charge in [-0.05, 0) is 62.1 Å². The number of carbonyl (C=O) groups excluding carboxylic acids is 10. The molecule has 3 heterocycles. The fourth-order valence-electron chi connectivity index (χ4n) is 9.50. The molecule has 1 aliphatic heterocycles. The van der Waals surface area contributed by atoms with E-state index in [2.05, 4.69) is 57.2 Å². The second-order valence-electron chi connectivity index (χ2n) is 21.1. The van der Waals surface area contributed by atoms with Crippen LogP contribution in [0.1, 0.15) is 82.5 Å². The maximum Gasteiger partial charge on any atom is 0.328 e. The number of benzene rings is 2. The number of nitrogens with zero attached hydrogens (tertiary/aromatic N) is 3. The first-order valence-corrected chi connectivity index (χ1v) is 27.6. The minimum atomic E-state index is -1.80. The molecule has 4 aromatic rings. The summed E-state index contributed by atoms with van der Waals surface area (Å²) >= 11 is 0. The van der Waals surface area contributed by atoms with E-state index in [-0.39, 0.29) is 70.4 Å². The molecule has 0 radical (unpaired) electrons. The van der Waals surface area contributed by atoms with Crippen molar-refractivity contribution in [3.8, 4) is 0 Å². The number of aliphatic carboxylic acids is 1. The van der Waals surface area contributed by atoms with Gasteiger partial charge in [-0.25, -0.2) is 9.78 Å². The zero-order chi connectivity index (χ0) is 62.5. The Hall–Kier alpha value is -9.45. The minimum absolute atomic E-state index is 0.00230. The highest BCUT2D eigenvalue weighted by atomic mass is 16.4. The number of para-hydroxylation sites is 1. The Morgan fingerprint density at radius 3 is 1.92 bits per heavy atom. The first-order chi connectivity index (χ1) is 40.3. The molecule has 0 unspecified atom stereocenters. The molecule has 30 heteroatoms. The van der Waals surface area contributed by atoms with E-state index in [0.29, 0.717) is 34.1 Å². The molecule has 2 aromatic heterocycles. The fourth-order valence-corrected chi connectivity index (χ4v) is 9.50. The number of hydrogen-bond acceptors (Lipinski definition) is 15. The Kier molecular flexibility index (Phi) is 24.9. The highest BCUT2D eigenvalue weighted by molar-refractivity contribution is 6.00. The van der Waals surface area contributed by atoms with Gasteiger partial charge in [0.15, 0.2) is 12.0 Å². The SMILES string of the molecule is CC(C)[C@H](NC(=O)[C@@H]1CCCN1C(=O)[C@H](Cc1c[nH]c2ccccc12)NC(=O)[C@H](CC(N)=O)NC(=O)[C@H](Cc1ccccc1)NC(=O)[C@H](CCCN=C(N)N)NC(=O)[C@H](Cc1cnc[nH]1)NC(=O)[C@@H](N)CCC(N)=O)C(=O)N[C@H](C(=O)O)[C@@H](C)O. The number of carboxylic acids is 1. The summed E-state index contributed by atoms with van der Waals surface area (Å²) in [6, 6.07) is 2.34. The summed E-state index contributed by atoms with van der Waals surface area (Å²) in [5.74, 6) is -11.2. The molecule has 0 bridgehead atoms. The van der Waals surface area contributed by atoms with Gasteiger partial charge in [-0.3, -0.25) is 52.9 Å². The molecular formula is C55H77N17O13. The summed E-state index contributed by atoms with van der Waals surface area (Å²) in [5, 5.41) is 38.2. The van der Waals surface area contributed by atoms with Crippen LogP contribution in [0.4, 0.5) is 0 Å². The highest BCUT2D eigenvalue weighted by Crippen LogP contribution is 2.24. The number of aliphatic imine (C=N–C) groups is 1. The van der Waals surface area contributed by atoms with Gasteiger partial charge in [0.05, 0.1) is 24.9 Å². The second-order valence-corrected chi connectivity index (χ2v) is 21.1. The van der Waals surface area contributed by atoms with Gasteiger partial charge in [-0.2, -0.15) is 0 Å². The van der Waals surface area contributed by atoms with Crippen molar-refractivity contribution in [1.29, 1.82) is 0 Å². The van der Waals surface area contributed by atoms with Crippen LogP contribution in [-0.4, -0.2) is 175 Å². The number of nitrogens with one attached hydrogen (secondary N) is 9. The molecule has 5 rings (SSSR count). The van der Waals surface area contributed by atoms with E-state index >= 15 is 0 Å². The molecule has 21 N–H and O–H groups in total. The van der Waals surface area contributed by atoms with E-state index in [1.807, 2.05) is 0 Å². The van der Waals surface area contributed by atoms with Crippen LogP contribution in [0.5, 0.6) is 0 Å². The smallest absolute Gasteiger partial charge is 0.328 e. The number of likely N-dealkylation sites (tertiary alicyclic amines) is 1. The maximum absolute atomic E-state index is 15.0. The number of H-pyrrole nitrogens is 2. The molecule has 1 saturated heterocycles. The standard InChI is InChI=1S/C55H77N17O13/c1-28(2)44(52(82)71-45(29(3)73)54(84)85)70-51(81)41-16-10-20-72(41)53(83)40(22-31-25-63-35-14-8-7-13-33(31)35)69-50(80)39(24-43(58)75)68-48(78)37(21-30-11-5-4-6-12-30)67-47(77)36(15-9-19-62-55(59)60)65-49(79)38(23-32-26-61-27-64-32)66-46(76)34(56)17-18-42(57)74/h4-8,11-14,25-29,34,36-41,44-45,63,73H,9-10,15-24,56H2,1-3H3,(H2,57,74)(H2,58,75)(H,61,64)(H,65,79)(H,66,76)(H,67,77)(H,68,78)(H,69,80)(H,70,81)(H,71,82)(H,84,85)(H4,59,60,62)/t29-,34+,36+,37+,38+,39+,40+,41+,44+,45+/m1/s1. The number of aliphatic hydroxyl groups excluding tert-OH is 1. The number of imidazole rings is 1. The van der Waals surface area contributed by atoms with Crippen molar-refractivity contribution in [2.75, 3.05) is 13.1 Å². The quantitative estimate of drug-likeness (QED) is 0.0123. The van der Waals surface area contributed by atoms with E-state index < -0.39 is 138 Å². The zero-order valence-corrected chi connectivity index (χ0v) is 47.4. The van der Waals surface area contributed by atoms with Crippen LogP contribution in [0.2, 0.25) is 0 Å². The summed E-state index contributed by atoms with van der Waals surface area (Å²) in [7, 11) is 0. The number of amides is 10. The van der Waals surface area contributed by atoms with Crippen LogP contribution >= 0.6 is 0 Å². The number of aromatic amines is 2. The summed E-state index contributed by atoms with van der Waals surface area (Å²) in [6.45, 7) is 4.39. The molecule has 2 aromatic carbocycles. The van der Waals surface area contributed by atoms with E-state index in [4.69, 9.17) is 28.7 Å². The number of aliphatic hydroxyl groups is 1. The molecule has 1 aliphatic rings. The van der Waals surface area contributed by atoms with Crippen molar-refractivity contribution in [2.45, 2.75) is 145 Å². The lowest BCUT2D eigenvalue weighted by molar-refractivity contribution is -0.146. The third kappa shape index (κ3) is 20.1. The molecule has 30 nitrogen and oxygen atoms in total. The lowest BCUT2D eigenvalue weighted by Gasteiger charge is -2.31. The summed E-state index contributed by atoms with van der Waals surface area (Å²) in [4.78, 5) is 165. The van der Waals surface area contributed by atoms with Crippen molar-refractivity contribution < 1.29 is 63.0 Å². The topological polar surface area (TPSA) is 503 Å². The first kappa shape index (κ1) is 66.4. The molecular weight excluding hydrogens is 1110 g/mol. The number of hydrogen-bond donors (Lipinski definition) is 16. The number of primary amides is 2. The molecule has 85 heavy (non-hydrogen) atoms. The summed E-state index contributed by atoms with van der Waals surface area (Å²) in [6.07, 6.45) is 1.52. The van der Waals surface area contributed by atoms with Crippen molar-refractivity contribution in [2.24, 2.45) is 39.6 Å². The average molecular weight is 1180 g/mol. The molecule has 0 aliphatic carbocycles. The second kappa shape index (κ2) is 31.8. The van der Waals surface area contributed by atoms with Crippen molar-refractivity contribution in [1.82, 2.24) is 57.1 Å². The van der Waals surface area contributed by atoms with Crippen LogP contribution in [0.3, 0.4) is 0 Å². The molecule has 10 amide bonds. The highest BCUT2D eigenvalue weighted by Gasteiger charge is 2.42. The monoisotopic (exact) mass is 1180 g/mol. The van der Waals surface area contributed by atoms with Crippen LogP contribution in [0, 0.1) is 5.92 Å². The largest absolute Gasteiger partial charge is 0.480 e. The predicted molar refractivity (Wildman–Crippen MR) is 307 cm³/mol. The fraction of sp³-hybridized carbons (Fsp3) is 0.473. The van der Waals surface area contributed by atoms with Gasteiger partial charge in [-0.1, -0.05) is 62.4 Å². The zero-order valence-electron chi connectivity index (χ0n) is 47.4. The lowest BCUT2D eigenvalue weighted by Crippen LogP contribution is -2.61. The van der Waals surface area contributed by atoms with Crippen molar-refractivity contribution in [3.63, 3.8) is 0 Å². The van der Waals surface area contributed by atoms with Gasteiger partial charge in [0, 0.05) is 67.8 Å². The Bertz CT molecular complexity index is 3020. The molecule has 10 atom stereocenters. The van der Waals surface area contributed by atoms with Gasteiger partial charge in [0.2, 0.25) is 59.1 Å². The van der Waals surface area contributed by atoms with Crippen molar-refractivity contribution in [3.05, 3.63) is 90.1 Å². The van der Waals surface area contributed by atoms with E-state index in [1.54, 1.807) is 74.6 Å². The first-order valence-electron chi connectivity index (χ1n) is 27.6. The van der Waals surface area contributed by atoms with Crippen LogP contribution < -0.4 is 65.9 Å². The van der Waals surface area contributed by atoms with Gasteiger partial charge < -0.3 is 91.0 Å². The number of rotatable bonds is 33. The third-order valence-electron chi connectivity index (χ3n) is 14.0. The van der Waals surface area contributed by atoms with Gasteiger partial charge in [0.1, 0.15) is 42.3 Å². The van der Waals surface area contributed by atoms with Crippen molar-refractivity contribution >= 4 is 81.9 Å². The van der Waals surface area contributed by atoms with Gasteiger partial charge in [0.25, 0.3) is 0 Å². The van der Waals surface area contributed by atoms with E-state index in [9.17, 15) is 63.0 Å². The average Bonchev–Trinajstić information content (AvgIpc) is 3.13. The molecule has 460 valence electrons. The molecule has 0 spiro atoms. The third-order valence-corrected chi connectivity index (χ3v) is 14.0. The predicted octanol–water partition coefficient (Wildman–Crippen LogP) is -4.05. The number of guanidine groups is 1. The Morgan fingerprint density at radius 2 is 1.29 bits per heavy atom. The number of aromatic nitrogens is 3. The van der Waals surface area contributed by atoms with Gasteiger partial charge >= 0.3 is 5.97 Å². The number of carbonyl (C=O) groups is 11. The van der Waals surface area contributed by atoms with E-state index in [1.165, 1.54) is 24.3 Å². The minimum Gasteiger partial charge on any atom is -0.480 e.